The van der Waals surface area contributed by atoms with Crippen LogP contribution in [0.4, 0.5) is 11.5 Å². The minimum absolute atomic E-state index is 0.401. The molecule has 1 N–H and O–H groups in total. The van der Waals surface area contributed by atoms with Crippen LogP contribution in [-0.2, 0) is 0 Å². The van der Waals surface area contributed by atoms with Crippen molar-refractivity contribution in [2.75, 3.05) is 11.6 Å². The van der Waals surface area contributed by atoms with Crippen molar-refractivity contribution in [1.82, 2.24) is 9.97 Å². The second-order valence-electron chi connectivity index (χ2n) is 3.31. The Morgan fingerprint density at radius 3 is 2.67 bits per heavy atom. The molecule has 0 saturated carbocycles. The molecule has 0 unspecified atom stereocenters. The summed E-state index contributed by atoms with van der Waals surface area (Å²) in [5.74, 6) is 0.627. The van der Waals surface area contributed by atoms with Gasteiger partial charge in [0.2, 0.25) is 0 Å². The van der Waals surface area contributed by atoms with E-state index in [4.69, 9.17) is 23.2 Å². The van der Waals surface area contributed by atoms with Gasteiger partial charge in [-0.25, -0.2) is 9.97 Å². The number of rotatable bonds is 3. The van der Waals surface area contributed by atoms with Crippen molar-refractivity contribution in [3.8, 4) is 0 Å². The van der Waals surface area contributed by atoms with E-state index in [0.717, 1.165) is 9.26 Å². The molecule has 0 amide bonds. The Hall–Kier alpha value is -0.240. The van der Waals surface area contributed by atoms with E-state index in [-0.39, 0.29) is 0 Å². The van der Waals surface area contributed by atoms with Crippen LogP contribution in [0.5, 0.6) is 0 Å². The molecule has 94 valence electrons. The van der Waals surface area contributed by atoms with Gasteiger partial charge in [0.1, 0.15) is 11.0 Å². The van der Waals surface area contributed by atoms with Gasteiger partial charge in [-0.1, -0.05) is 35.0 Å². The molecule has 0 aliphatic rings. The highest BCUT2D eigenvalue weighted by Gasteiger charge is 2.05. The zero-order valence-electron chi connectivity index (χ0n) is 9.25. The van der Waals surface area contributed by atoms with Crippen molar-refractivity contribution >= 4 is 69.1 Å². The van der Waals surface area contributed by atoms with Crippen LogP contribution >= 0.6 is 57.6 Å². The van der Waals surface area contributed by atoms with E-state index in [1.165, 1.54) is 11.8 Å². The van der Waals surface area contributed by atoms with Gasteiger partial charge in [-0.15, -0.1) is 0 Å². The molecule has 1 heterocycles. The molecule has 0 saturated heterocycles. The fraction of sp³-hybridized carbons (Fsp3) is 0.0909. The Morgan fingerprint density at radius 1 is 1.22 bits per heavy atom. The number of hydrogen-bond acceptors (Lipinski definition) is 4. The van der Waals surface area contributed by atoms with Gasteiger partial charge in [-0.2, -0.15) is 0 Å². The predicted octanol–water partition coefficient (Wildman–Crippen LogP) is 4.85. The van der Waals surface area contributed by atoms with Crippen molar-refractivity contribution < 1.29 is 0 Å². The Morgan fingerprint density at radius 2 is 2.00 bits per heavy atom. The molecule has 0 fully saturated rings. The number of nitrogens with one attached hydrogen (secondary N) is 1. The Labute approximate surface area is 133 Å². The van der Waals surface area contributed by atoms with Crippen LogP contribution in [-0.4, -0.2) is 16.2 Å². The maximum Gasteiger partial charge on any atom is 0.190 e. The van der Waals surface area contributed by atoms with Crippen LogP contribution in [0.25, 0.3) is 0 Å². The monoisotopic (exact) mass is 411 g/mol. The normalized spacial score (nSPS) is 10.4. The van der Waals surface area contributed by atoms with Gasteiger partial charge in [0.15, 0.2) is 5.16 Å². The van der Waals surface area contributed by atoms with Crippen molar-refractivity contribution in [2.24, 2.45) is 0 Å². The molecule has 0 bridgehead atoms. The van der Waals surface area contributed by atoms with E-state index >= 15 is 0 Å². The molecule has 18 heavy (non-hydrogen) atoms. The fourth-order valence-electron chi connectivity index (χ4n) is 1.28. The van der Waals surface area contributed by atoms with Crippen molar-refractivity contribution in [3.63, 3.8) is 0 Å². The summed E-state index contributed by atoms with van der Waals surface area (Å²) in [6.45, 7) is 0. The molecule has 0 aliphatic heterocycles. The summed E-state index contributed by atoms with van der Waals surface area (Å²) in [6, 6.07) is 7.41. The summed E-state index contributed by atoms with van der Waals surface area (Å²) in [5, 5.41) is 4.79. The van der Waals surface area contributed by atoms with E-state index < -0.39 is 0 Å². The predicted molar refractivity (Wildman–Crippen MR) is 86.3 cm³/mol. The van der Waals surface area contributed by atoms with Crippen molar-refractivity contribution in [3.05, 3.63) is 38.0 Å². The van der Waals surface area contributed by atoms with Crippen LogP contribution in [0.2, 0.25) is 10.2 Å². The van der Waals surface area contributed by atoms with Crippen LogP contribution in [0.1, 0.15) is 0 Å². The minimum atomic E-state index is 0.401. The summed E-state index contributed by atoms with van der Waals surface area (Å²) < 4.78 is 1.08. The molecule has 1 aromatic carbocycles. The molecule has 2 rings (SSSR count). The summed E-state index contributed by atoms with van der Waals surface area (Å²) in [7, 11) is 0. The summed E-state index contributed by atoms with van der Waals surface area (Å²) >= 11 is 15.7. The molecular formula is C11H8Cl2IN3S. The standard InChI is InChI=1S/C11H8Cl2IN3S/c1-18-11-16-9(13)5-10(17-11)15-8-3-2-6(14)4-7(8)12/h2-5H,1H3,(H,15,16,17). The quantitative estimate of drug-likeness (QED) is 0.339. The molecule has 3 nitrogen and oxygen atoms in total. The molecule has 1 aromatic heterocycles. The first-order chi connectivity index (χ1) is 8.58. The minimum Gasteiger partial charge on any atom is -0.339 e. The SMILES string of the molecule is CSc1nc(Cl)cc(Nc2ccc(I)cc2Cl)n1. The van der Waals surface area contributed by atoms with Crippen LogP contribution in [0, 0.1) is 3.57 Å². The third-order valence-corrected chi connectivity index (χ3v) is 3.78. The Kier molecular flexibility index (Phi) is 4.94. The number of thioether (sulfide) groups is 1. The Bertz CT molecular complexity index is 580. The van der Waals surface area contributed by atoms with Crippen molar-refractivity contribution in [1.29, 1.82) is 0 Å². The van der Waals surface area contributed by atoms with Gasteiger partial charge in [-0.05, 0) is 47.0 Å². The first-order valence-corrected chi connectivity index (χ1v) is 7.95. The Balaban J connectivity index is 2.30. The van der Waals surface area contributed by atoms with Gasteiger partial charge in [0, 0.05) is 9.64 Å². The number of nitrogens with zero attached hydrogens (tertiary/aromatic N) is 2. The maximum atomic E-state index is 6.14. The van der Waals surface area contributed by atoms with E-state index in [9.17, 15) is 0 Å². The zero-order valence-corrected chi connectivity index (χ0v) is 13.7. The average Bonchev–Trinajstić information content (AvgIpc) is 2.32. The van der Waals surface area contributed by atoms with Gasteiger partial charge in [0.25, 0.3) is 0 Å². The highest BCUT2D eigenvalue weighted by atomic mass is 127. The van der Waals surface area contributed by atoms with Crippen molar-refractivity contribution in [2.45, 2.75) is 5.16 Å². The van der Waals surface area contributed by atoms with Crippen LogP contribution < -0.4 is 5.32 Å². The molecule has 0 aliphatic carbocycles. The first-order valence-electron chi connectivity index (χ1n) is 4.89. The fourth-order valence-corrected chi connectivity index (χ4v) is 2.80. The third-order valence-electron chi connectivity index (χ3n) is 2.05. The van der Waals surface area contributed by atoms with Gasteiger partial charge >= 0.3 is 0 Å². The molecule has 7 heteroatoms. The largest absolute Gasteiger partial charge is 0.339 e. The van der Waals surface area contributed by atoms with Gasteiger partial charge in [-0.3, -0.25) is 0 Å². The molecule has 0 spiro atoms. The van der Waals surface area contributed by atoms with Crippen LogP contribution in [0.3, 0.4) is 0 Å². The average molecular weight is 412 g/mol. The summed E-state index contributed by atoms with van der Waals surface area (Å²) in [4.78, 5) is 8.38. The van der Waals surface area contributed by atoms with E-state index in [2.05, 4.69) is 37.9 Å². The molecule has 0 radical (unpaired) electrons. The molecule has 2 aromatic rings. The lowest BCUT2D eigenvalue weighted by Gasteiger charge is -2.09. The maximum absolute atomic E-state index is 6.14. The van der Waals surface area contributed by atoms with Gasteiger partial charge < -0.3 is 5.32 Å². The van der Waals surface area contributed by atoms with Gasteiger partial charge in [0.05, 0.1) is 10.7 Å². The second kappa shape index (κ2) is 6.27. The van der Waals surface area contributed by atoms with E-state index in [1.807, 2.05) is 24.5 Å². The lowest BCUT2D eigenvalue weighted by atomic mass is 10.3. The number of benzene rings is 1. The number of hydrogen-bond donors (Lipinski definition) is 1. The first kappa shape index (κ1) is 14.2. The number of anilines is 2. The molecular weight excluding hydrogens is 404 g/mol. The van der Waals surface area contributed by atoms with Crippen LogP contribution in [0.15, 0.2) is 29.4 Å². The number of halogens is 3. The van der Waals surface area contributed by atoms with E-state index in [1.54, 1.807) is 6.07 Å². The summed E-state index contributed by atoms with van der Waals surface area (Å²) in [5.41, 5.74) is 0.791. The lowest BCUT2D eigenvalue weighted by Crippen LogP contribution is -1.97. The smallest absolute Gasteiger partial charge is 0.190 e. The topological polar surface area (TPSA) is 37.8 Å². The zero-order chi connectivity index (χ0) is 13.1. The highest BCUT2D eigenvalue weighted by molar-refractivity contribution is 14.1. The third kappa shape index (κ3) is 3.63. The lowest BCUT2D eigenvalue weighted by molar-refractivity contribution is 0.976. The summed E-state index contributed by atoms with van der Waals surface area (Å²) in [6.07, 6.45) is 1.90. The van der Waals surface area contributed by atoms with E-state index in [0.29, 0.717) is 21.2 Å². The highest BCUT2D eigenvalue weighted by Crippen LogP contribution is 2.27. The number of aromatic nitrogens is 2. The molecule has 0 atom stereocenters. The second-order valence-corrected chi connectivity index (χ2v) is 6.13.